The Kier molecular flexibility index (Phi) is 89.4. The van der Waals surface area contributed by atoms with Crippen molar-refractivity contribution >= 4 is 11.9 Å². The summed E-state index contributed by atoms with van der Waals surface area (Å²) in [6.45, 7) is 3.60. The number of nitriles is 1. The molecular formula is C7H18N2O5. The smallest absolute Gasteiger partial charge is 0.300 e. The molecule has 0 saturated carbocycles. The summed E-state index contributed by atoms with van der Waals surface area (Å²) in [5, 5.41) is 29.2. The Hall–Kier alpha value is -1.65. The number of aliphatic hydroxyl groups is 1. The number of rotatable bonds is 0. The first kappa shape index (κ1) is 29.4. The minimum Gasteiger partial charge on any atom is -0.481 e. The number of nitrogens with zero attached hydrogens (tertiary/aromatic N) is 1. The number of carbonyl (C=O) groups is 2. The second-order valence-electron chi connectivity index (χ2n) is 1.26. The van der Waals surface area contributed by atoms with Crippen molar-refractivity contribution in [3.05, 3.63) is 0 Å². The molecule has 0 atom stereocenters. The molecule has 0 saturated heterocycles. The van der Waals surface area contributed by atoms with Crippen molar-refractivity contribution in [2.24, 2.45) is 0 Å². The molecule has 0 aromatic carbocycles. The maximum atomic E-state index is 9.00. The van der Waals surface area contributed by atoms with E-state index in [0.717, 1.165) is 21.0 Å². The lowest BCUT2D eigenvalue weighted by Gasteiger charge is -1.59. The number of hydrogen-bond donors (Lipinski definition) is 4. The fourth-order valence-electron chi connectivity index (χ4n) is 0. The Morgan fingerprint density at radius 3 is 1.07 bits per heavy atom. The summed E-state index contributed by atoms with van der Waals surface area (Å²) in [4.78, 5) is 18.0. The van der Waals surface area contributed by atoms with E-state index in [2.05, 4.69) is 0 Å². The van der Waals surface area contributed by atoms with Crippen LogP contribution in [0.5, 0.6) is 0 Å². The fourth-order valence-corrected chi connectivity index (χ4v) is 0. The van der Waals surface area contributed by atoms with Gasteiger partial charge >= 0.3 is 0 Å². The van der Waals surface area contributed by atoms with Crippen LogP contribution in [0.4, 0.5) is 0 Å². The van der Waals surface area contributed by atoms with Gasteiger partial charge in [-0.05, 0) is 0 Å². The third-order valence-corrected chi connectivity index (χ3v) is 0. The van der Waals surface area contributed by atoms with Gasteiger partial charge in [0.05, 0.1) is 6.07 Å². The minimum absolute atomic E-state index is 0. The molecule has 0 fully saturated rings. The van der Waals surface area contributed by atoms with Crippen molar-refractivity contribution < 1.29 is 24.9 Å². The lowest BCUT2D eigenvalue weighted by atomic mass is 10.9. The van der Waals surface area contributed by atoms with Gasteiger partial charge < -0.3 is 21.5 Å². The number of aliphatic hydroxyl groups excluding tert-OH is 1. The Morgan fingerprint density at radius 2 is 1.07 bits per heavy atom. The summed E-state index contributed by atoms with van der Waals surface area (Å²) >= 11 is 0. The molecule has 0 aromatic rings. The largest absolute Gasteiger partial charge is 0.481 e. The molecule has 0 aliphatic heterocycles. The van der Waals surface area contributed by atoms with Crippen LogP contribution in [0.15, 0.2) is 0 Å². The molecule has 0 heterocycles. The zero-order valence-corrected chi connectivity index (χ0v) is 8.81. The fraction of sp³-hybridized carbons (Fsp3) is 0.571. The molecule has 0 bridgehead atoms. The molecule has 14 heavy (non-hydrogen) atoms. The Labute approximate surface area is 83.2 Å². The van der Waals surface area contributed by atoms with E-state index >= 15 is 0 Å². The summed E-state index contributed by atoms with van der Waals surface area (Å²) in [5.41, 5.74) is 0. The van der Waals surface area contributed by atoms with E-state index in [1.54, 1.807) is 6.07 Å². The Balaban J connectivity index is -0.0000000260. The van der Waals surface area contributed by atoms with Gasteiger partial charge in [-0.3, -0.25) is 9.59 Å². The first-order valence-electron chi connectivity index (χ1n) is 3.03. The number of aliphatic carboxylic acids is 2. The maximum Gasteiger partial charge on any atom is 0.300 e. The van der Waals surface area contributed by atoms with Crippen LogP contribution < -0.4 is 6.15 Å². The molecule has 0 aliphatic rings. The van der Waals surface area contributed by atoms with Gasteiger partial charge in [0.2, 0.25) is 0 Å². The van der Waals surface area contributed by atoms with Crippen LogP contribution in [0.25, 0.3) is 0 Å². The van der Waals surface area contributed by atoms with Crippen molar-refractivity contribution in [1.82, 2.24) is 6.15 Å². The highest BCUT2D eigenvalue weighted by atomic mass is 16.4. The van der Waals surface area contributed by atoms with Crippen LogP contribution in [0, 0.1) is 11.3 Å². The highest BCUT2D eigenvalue weighted by molar-refractivity contribution is 5.63. The van der Waals surface area contributed by atoms with Crippen LogP contribution in [-0.4, -0.2) is 34.4 Å². The molecule has 0 amide bonds. The minimum atomic E-state index is -0.833. The molecule has 0 spiro atoms. The average Bonchev–Trinajstić information content (AvgIpc) is 1.89. The number of carboxylic acids is 2. The molecule has 0 radical (unpaired) electrons. The van der Waals surface area contributed by atoms with Gasteiger partial charge in [0.1, 0.15) is 0 Å². The van der Waals surface area contributed by atoms with Gasteiger partial charge in [0.15, 0.2) is 0 Å². The van der Waals surface area contributed by atoms with Crippen molar-refractivity contribution in [3.8, 4) is 6.07 Å². The highest BCUT2D eigenvalue weighted by Gasteiger charge is 1.65. The van der Waals surface area contributed by atoms with E-state index in [0.29, 0.717) is 0 Å². The monoisotopic (exact) mass is 210 g/mol. The van der Waals surface area contributed by atoms with Gasteiger partial charge in [0, 0.05) is 27.9 Å². The molecule has 7 heteroatoms. The van der Waals surface area contributed by atoms with Gasteiger partial charge in [0.25, 0.3) is 11.9 Å². The van der Waals surface area contributed by atoms with Crippen LogP contribution in [0.1, 0.15) is 20.8 Å². The number of carboxylic acid groups (broad SMARTS) is 2. The van der Waals surface area contributed by atoms with E-state index in [1.165, 1.54) is 6.92 Å². The molecule has 0 rings (SSSR count). The molecule has 86 valence electrons. The SMILES string of the molecule is CC#N.CC(=O)O.CC(=O)O.CO.N. The van der Waals surface area contributed by atoms with Gasteiger partial charge in [-0.2, -0.15) is 5.26 Å². The molecule has 0 aromatic heterocycles. The van der Waals surface area contributed by atoms with Crippen LogP contribution in [0.3, 0.4) is 0 Å². The molecule has 0 aliphatic carbocycles. The maximum absolute atomic E-state index is 9.00. The van der Waals surface area contributed by atoms with E-state index in [-0.39, 0.29) is 6.15 Å². The van der Waals surface area contributed by atoms with E-state index in [4.69, 9.17) is 30.2 Å². The van der Waals surface area contributed by atoms with E-state index in [1.807, 2.05) is 0 Å². The standard InChI is InChI=1S/C2H3N.2C2H4O2.CH4O.H3N/c1-2-3;2*1-2(3)4;1-2;/h1H3;2*1H3,(H,3,4);2H,1H3;1H3. The normalized spacial score (nSPS) is 4.57. The summed E-state index contributed by atoms with van der Waals surface area (Å²) in [5.74, 6) is -1.67. The first-order chi connectivity index (χ1) is 5.88. The number of hydrogen-bond acceptors (Lipinski definition) is 5. The molecule has 6 N–H and O–H groups in total. The molecule has 0 unspecified atom stereocenters. The van der Waals surface area contributed by atoms with Gasteiger partial charge in [-0.15, -0.1) is 0 Å². The third-order valence-electron chi connectivity index (χ3n) is 0. The zero-order valence-electron chi connectivity index (χ0n) is 8.81. The van der Waals surface area contributed by atoms with E-state index < -0.39 is 11.9 Å². The molecule has 7 nitrogen and oxygen atoms in total. The summed E-state index contributed by atoms with van der Waals surface area (Å²) in [6.07, 6.45) is 0. The third kappa shape index (κ3) is 332. The van der Waals surface area contributed by atoms with Crippen molar-refractivity contribution in [1.29, 1.82) is 5.26 Å². The Morgan fingerprint density at radius 1 is 1.07 bits per heavy atom. The lowest BCUT2D eigenvalue weighted by Crippen LogP contribution is -1.78. The second-order valence-corrected chi connectivity index (χ2v) is 1.26. The second kappa shape index (κ2) is 42.5. The first-order valence-corrected chi connectivity index (χ1v) is 3.03. The molecular weight excluding hydrogens is 192 g/mol. The quantitative estimate of drug-likeness (QED) is 0.453. The van der Waals surface area contributed by atoms with Crippen LogP contribution in [-0.2, 0) is 9.59 Å². The summed E-state index contributed by atoms with van der Waals surface area (Å²) in [6, 6.07) is 1.75. The van der Waals surface area contributed by atoms with Crippen LogP contribution >= 0.6 is 0 Å². The topological polar surface area (TPSA) is 154 Å². The van der Waals surface area contributed by atoms with Crippen molar-refractivity contribution in [3.63, 3.8) is 0 Å². The summed E-state index contributed by atoms with van der Waals surface area (Å²) < 4.78 is 0. The van der Waals surface area contributed by atoms with Crippen molar-refractivity contribution in [2.75, 3.05) is 7.11 Å². The average molecular weight is 210 g/mol. The highest BCUT2D eigenvalue weighted by Crippen LogP contribution is 1.42. The van der Waals surface area contributed by atoms with Crippen molar-refractivity contribution in [2.45, 2.75) is 20.8 Å². The predicted molar refractivity (Wildman–Crippen MR) is 51.1 cm³/mol. The lowest BCUT2D eigenvalue weighted by molar-refractivity contribution is -0.135. The van der Waals surface area contributed by atoms with E-state index in [9.17, 15) is 0 Å². The Bertz CT molecular complexity index is 133. The van der Waals surface area contributed by atoms with Gasteiger partial charge in [-0.1, -0.05) is 0 Å². The zero-order chi connectivity index (χ0) is 11.9. The van der Waals surface area contributed by atoms with Crippen LogP contribution in [0.2, 0.25) is 0 Å². The predicted octanol–water partition coefficient (Wildman–Crippen LogP) is 0.482. The summed E-state index contributed by atoms with van der Waals surface area (Å²) in [7, 11) is 1.00. The van der Waals surface area contributed by atoms with Gasteiger partial charge in [-0.25, -0.2) is 0 Å².